The van der Waals surface area contributed by atoms with Gasteiger partial charge in [0, 0.05) is 12.6 Å². The minimum atomic E-state index is -0.605. The molecular formula is C15H15FN2O3. The lowest BCUT2D eigenvalue weighted by Crippen LogP contribution is -1.99. The number of ether oxygens (including phenoxy) is 1. The van der Waals surface area contributed by atoms with Crippen molar-refractivity contribution in [2.24, 2.45) is 5.73 Å². The maximum atomic E-state index is 13.9. The number of halogens is 1. The second-order valence-corrected chi connectivity index (χ2v) is 4.48. The molecule has 0 aliphatic heterocycles. The first-order chi connectivity index (χ1) is 10.0. The summed E-state index contributed by atoms with van der Waals surface area (Å²) >= 11 is 0. The third-order valence-electron chi connectivity index (χ3n) is 3.08. The van der Waals surface area contributed by atoms with Crippen LogP contribution in [0.15, 0.2) is 36.4 Å². The maximum Gasteiger partial charge on any atom is 0.311 e. The fourth-order valence-electron chi connectivity index (χ4n) is 1.88. The highest BCUT2D eigenvalue weighted by Crippen LogP contribution is 2.33. The van der Waals surface area contributed by atoms with E-state index < -0.39 is 10.7 Å². The van der Waals surface area contributed by atoms with Crippen LogP contribution in [-0.4, -0.2) is 4.92 Å². The summed E-state index contributed by atoms with van der Waals surface area (Å²) in [6, 6.07) is 8.91. The number of nitro groups is 1. The molecule has 2 aromatic carbocycles. The van der Waals surface area contributed by atoms with Crippen molar-refractivity contribution in [2.75, 3.05) is 0 Å². The van der Waals surface area contributed by atoms with Crippen LogP contribution in [0.4, 0.5) is 10.1 Å². The molecule has 0 atom stereocenters. The Kier molecular flexibility index (Phi) is 4.49. The van der Waals surface area contributed by atoms with Gasteiger partial charge in [-0.25, -0.2) is 4.39 Å². The smallest absolute Gasteiger partial charge is 0.311 e. The lowest BCUT2D eigenvalue weighted by atomic mass is 10.1. The molecule has 6 heteroatoms. The molecule has 0 spiro atoms. The molecule has 110 valence electrons. The SMILES string of the molecule is CCc1ccc(Oc2ccc(CN)cc2F)c([N+](=O)[O-])c1. The molecule has 5 nitrogen and oxygen atoms in total. The van der Waals surface area contributed by atoms with Crippen LogP contribution in [-0.2, 0) is 13.0 Å². The monoisotopic (exact) mass is 290 g/mol. The number of aryl methyl sites for hydroxylation is 1. The van der Waals surface area contributed by atoms with Gasteiger partial charge in [-0.1, -0.05) is 19.1 Å². The Morgan fingerprint density at radius 1 is 1.19 bits per heavy atom. The molecule has 0 aromatic heterocycles. The van der Waals surface area contributed by atoms with Gasteiger partial charge >= 0.3 is 5.69 Å². The zero-order valence-electron chi connectivity index (χ0n) is 11.5. The normalized spacial score (nSPS) is 10.4. The second kappa shape index (κ2) is 6.32. The van der Waals surface area contributed by atoms with Crippen molar-refractivity contribution in [1.82, 2.24) is 0 Å². The van der Waals surface area contributed by atoms with Crippen LogP contribution >= 0.6 is 0 Å². The van der Waals surface area contributed by atoms with E-state index in [0.29, 0.717) is 12.0 Å². The average molecular weight is 290 g/mol. The Bertz CT molecular complexity index is 674. The fraction of sp³-hybridized carbons (Fsp3) is 0.200. The minimum absolute atomic E-state index is 0.0107. The van der Waals surface area contributed by atoms with Crippen molar-refractivity contribution in [3.05, 3.63) is 63.5 Å². The van der Waals surface area contributed by atoms with Crippen LogP contribution in [0.5, 0.6) is 11.5 Å². The Balaban J connectivity index is 2.37. The third kappa shape index (κ3) is 3.35. The molecule has 0 saturated carbocycles. The summed E-state index contributed by atoms with van der Waals surface area (Å²) in [4.78, 5) is 10.5. The van der Waals surface area contributed by atoms with E-state index in [9.17, 15) is 14.5 Å². The summed E-state index contributed by atoms with van der Waals surface area (Å²) in [7, 11) is 0. The molecule has 2 N–H and O–H groups in total. The van der Waals surface area contributed by atoms with E-state index in [4.69, 9.17) is 10.5 Å². The van der Waals surface area contributed by atoms with E-state index in [1.165, 1.54) is 24.3 Å². The molecule has 0 amide bonds. The van der Waals surface area contributed by atoms with Gasteiger partial charge in [0.1, 0.15) is 0 Å². The molecule has 2 rings (SSSR count). The quantitative estimate of drug-likeness (QED) is 0.674. The number of benzene rings is 2. The number of hydrogen-bond donors (Lipinski definition) is 1. The van der Waals surface area contributed by atoms with Gasteiger partial charge in [0.15, 0.2) is 11.6 Å². The number of hydrogen-bond acceptors (Lipinski definition) is 4. The van der Waals surface area contributed by atoms with Crippen LogP contribution < -0.4 is 10.5 Å². The van der Waals surface area contributed by atoms with Gasteiger partial charge in [-0.3, -0.25) is 10.1 Å². The topological polar surface area (TPSA) is 78.4 Å². The summed E-state index contributed by atoms with van der Waals surface area (Å²) in [6.07, 6.45) is 0.667. The van der Waals surface area contributed by atoms with Gasteiger partial charge in [0.05, 0.1) is 4.92 Å². The van der Waals surface area contributed by atoms with Crippen LogP contribution in [0.25, 0.3) is 0 Å². The first-order valence-corrected chi connectivity index (χ1v) is 6.48. The first kappa shape index (κ1) is 14.9. The highest BCUT2D eigenvalue weighted by atomic mass is 19.1. The van der Waals surface area contributed by atoms with E-state index in [-0.39, 0.29) is 23.7 Å². The average Bonchev–Trinajstić information content (AvgIpc) is 2.49. The number of nitrogens with zero attached hydrogens (tertiary/aromatic N) is 1. The van der Waals surface area contributed by atoms with Gasteiger partial charge in [0.25, 0.3) is 0 Å². The van der Waals surface area contributed by atoms with Crippen molar-refractivity contribution in [3.8, 4) is 11.5 Å². The molecular weight excluding hydrogens is 275 g/mol. The number of nitrogens with two attached hydrogens (primary N) is 1. The van der Waals surface area contributed by atoms with Crippen molar-refractivity contribution >= 4 is 5.69 Å². The molecule has 0 saturated heterocycles. The van der Waals surface area contributed by atoms with E-state index >= 15 is 0 Å². The van der Waals surface area contributed by atoms with Gasteiger partial charge < -0.3 is 10.5 Å². The van der Waals surface area contributed by atoms with Gasteiger partial charge in [0.2, 0.25) is 5.75 Å². The Morgan fingerprint density at radius 2 is 1.86 bits per heavy atom. The largest absolute Gasteiger partial charge is 0.447 e. The minimum Gasteiger partial charge on any atom is -0.447 e. The van der Waals surface area contributed by atoms with E-state index in [2.05, 4.69) is 0 Å². The lowest BCUT2D eigenvalue weighted by molar-refractivity contribution is -0.385. The molecule has 0 bridgehead atoms. The highest BCUT2D eigenvalue weighted by molar-refractivity contribution is 5.50. The Morgan fingerprint density at radius 3 is 2.43 bits per heavy atom. The van der Waals surface area contributed by atoms with Crippen LogP contribution in [0, 0.1) is 15.9 Å². The fourth-order valence-corrected chi connectivity index (χ4v) is 1.88. The van der Waals surface area contributed by atoms with Gasteiger partial charge in [-0.15, -0.1) is 0 Å². The van der Waals surface area contributed by atoms with E-state index in [0.717, 1.165) is 5.56 Å². The molecule has 0 aliphatic carbocycles. The van der Waals surface area contributed by atoms with Crippen molar-refractivity contribution in [3.63, 3.8) is 0 Å². The number of nitro benzene ring substituents is 1. The summed E-state index contributed by atoms with van der Waals surface area (Å²) in [5.41, 5.74) is 6.67. The molecule has 0 aliphatic rings. The zero-order chi connectivity index (χ0) is 15.4. The van der Waals surface area contributed by atoms with Crippen molar-refractivity contribution < 1.29 is 14.1 Å². The molecule has 0 fully saturated rings. The van der Waals surface area contributed by atoms with Crippen LogP contribution in [0.2, 0.25) is 0 Å². The van der Waals surface area contributed by atoms with Gasteiger partial charge in [-0.05, 0) is 35.7 Å². The first-order valence-electron chi connectivity index (χ1n) is 6.48. The Hall–Kier alpha value is -2.47. The summed E-state index contributed by atoms with van der Waals surface area (Å²) in [5.74, 6) is -0.664. The Labute approximate surface area is 121 Å². The second-order valence-electron chi connectivity index (χ2n) is 4.48. The van der Waals surface area contributed by atoms with Gasteiger partial charge in [-0.2, -0.15) is 0 Å². The standard InChI is InChI=1S/C15H15FN2O3/c1-2-10-3-6-15(13(8-10)18(19)20)21-14-5-4-11(9-17)7-12(14)16/h3-8H,2,9,17H2,1H3. The molecule has 0 radical (unpaired) electrons. The maximum absolute atomic E-state index is 13.9. The molecule has 2 aromatic rings. The predicted molar refractivity (Wildman–Crippen MR) is 76.8 cm³/mol. The van der Waals surface area contributed by atoms with E-state index in [1.54, 1.807) is 12.1 Å². The predicted octanol–water partition coefficient (Wildman–Crippen LogP) is 3.55. The summed E-state index contributed by atoms with van der Waals surface area (Å²) in [5, 5.41) is 11.1. The zero-order valence-corrected chi connectivity index (χ0v) is 11.5. The molecule has 21 heavy (non-hydrogen) atoms. The molecule has 0 heterocycles. The lowest BCUT2D eigenvalue weighted by Gasteiger charge is -2.09. The highest BCUT2D eigenvalue weighted by Gasteiger charge is 2.17. The molecule has 0 unspecified atom stereocenters. The van der Waals surface area contributed by atoms with Crippen LogP contribution in [0.3, 0.4) is 0 Å². The summed E-state index contributed by atoms with van der Waals surface area (Å²) < 4.78 is 19.2. The number of rotatable bonds is 5. The third-order valence-corrected chi connectivity index (χ3v) is 3.08. The van der Waals surface area contributed by atoms with Crippen molar-refractivity contribution in [1.29, 1.82) is 0 Å². The van der Waals surface area contributed by atoms with Crippen molar-refractivity contribution in [2.45, 2.75) is 19.9 Å². The van der Waals surface area contributed by atoms with Crippen LogP contribution in [0.1, 0.15) is 18.1 Å². The van der Waals surface area contributed by atoms with E-state index in [1.807, 2.05) is 6.92 Å². The summed E-state index contributed by atoms with van der Waals surface area (Å²) in [6.45, 7) is 2.10.